The third-order valence-corrected chi connectivity index (χ3v) is 6.17. The first kappa shape index (κ1) is 25.6. The fourth-order valence-corrected chi connectivity index (χ4v) is 4.28. The molecule has 3 N–H and O–H groups in total. The van der Waals surface area contributed by atoms with Crippen molar-refractivity contribution in [2.75, 3.05) is 38.7 Å². The average molecular weight is 486 g/mol. The summed E-state index contributed by atoms with van der Waals surface area (Å²) in [7, 11) is 1.53. The Balaban J connectivity index is 1.50. The molecular weight excluding hydrogens is 454 g/mol. The van der Waals surface area contributed by atoms with E-state index in [1.165, 1.54) is 18.7 Å². The lowest BCUT2D eigenvalue weighted by molar-refractivity contribution is -0.123. The van der Waals surface area contributed by atoms with E-state index in [1.807, 2.05) is 31.2 Å². The normalized spacial score (nSPS) is 14.8. The van der Waals surface area contributed by atoms with Gasteiger partial charge in [-0.2, -0.15) is 0 Å². The Morgan fingerprint density at radius 2 is 1.91 bits per heavy atom. The van der Waals surface area contributed by atoms with Gasteiger partial charge in [-0.25, -0.2) is 0 Å². The molecule has 0 spiro atoms. The van der Waals surface area contributed by atoms with E-state index in [-0.39, 0.29) is 17.7 Å². The molecule has 1 saturated heterocycles. The van der Waals surface area contributed by atoms with Crippen molar-refractivity contribution in [3.05, 3.63) is 58.6 Å². The number of ether oxygens (including phenoxy) is 2. The Kier molecular flexibility index (Phi) is 9.36. The van der Waals surface area contributed by atoms with Gasteiger partial charge < -0.3 is 25.4 Å². The minimum atomic E-state index is -0.241. The molecule has 0 aromatic heterocycles. The van der Waals surface area contributed by atoms with Gasteiger partial charge in [0, 0.05) is 24.2 Å². The summed E-state index contributed by atoms with van der Waals surface area (Å²) in [5.41, 5.74) is 8.06. The van der Waals surface area contributed by atoms with Gasteiger partial charge in [0.1, 0.15) is 0 Å². The molecule has 0 aliphatic carbocycles. The summed E-state index contributed by atoms with van der Waals surface area (Å²) in [4.78, 5) is 26.0. The van der Waals surface area contributed by atoms with E-state index in [4.69, 9.17) is 26.8 Å². The number of anilines is 1. The third-order valence-electron chi connectivity index (χ3n) is 5.89. The summed E-state index contributed by atoms with van der Waals surface area (Å²) in [6.45, 7) is 5.10. The van der Waals surface area contributed by atoms with Crippen LogP contribution in [0.3, 0.4) is 0 Å². The van der Waals surface area contributed by atoms with Crippen molar-refractivity contribution in [2.45, 2.75) is 26.2 Å². The summed E-state index contributed by atoms with van der Waals surface area (Å²) >= 11 is 6.26. The molecule has 2 aromatic carbocycles. The van der Waals surface area contributed by atoms with Crippen LogP contribution in [0.15, 0.2) is 42.5 Å². The maximum atomic E-state index is 12.4. The highest BCUT2D eigenvalue weighted by Crippen LogP contribution is 2.36. The molecule has 8 heteroatoms. The number of likely N-dealkylation sites (tertiary alicyclic amines) is 1. The van der Waals surface area contributed by atoms with E-state index in [9.17, 15) is 9.59 Å². The number of hydrogen-bond acceptors (Lipinski definition) is 5. The van der Waals surface area contributed by atoms with E-state index < -0.39 is 0 Å². The van der Waals surface area contributed by atoms with E-state index in [1.54, 1.807) is 18.2 Å². The molecule has 1 heterocycles. The van der Waals surface area contributed by atoms with Gasteiger partial charge in [0.25, 0.3) is 0 Å². The van der Waals surface area contributed by atoms with Crippen molar-refractivity contribution in [1.82, 2.24) is 4.90 Å². The summed E-state index contributed by atoms with van der Waals surface area (Å²) in [5.74, 6) is 0.595. The lowest BCUT2D eigenvalue weighted by atomic mass is 9.96. The minimum absolute atomic E-state index is 0.0154. The molecule has 2 amide bonds. The number of hydrogen-bond donors (Lipinski definition) is 2. The van der Waals surface area contributed by atoms with Gasteiger partial charge in [0.15, 0.2) is 11.5 Å². The first-order chi connectivity index (χ1) is 16.4. The molecule has 0 radical (unpaired) electrons. The molecule has 2 aromatic rings. The Labute approximate surface area is 205 Å². The van der Waals surface area contributed by atoms with Crippen LogP contribution in [0.5, 0.6) is 11.5 Å². The molecule has 1 aliphatic heterocycles. The van der Waals surface area contributed by atoms with E-state index >= 15 is 0 Å². The van der Waals surface area contributed by atoms with Gasteiger partial charge in [-0.3, -0.25) is 9.59 Å². The fraction of sp³-hybridized carbons (Fsp3) is 0.385. The maximum absolute atomic E-state index is 12.4. The quantitative estimate of drug-likeness (QED) is 0.493. The van der Waals surface area contributed by atoms with Crippen LogP contribution < -0.4 is 20.5 Å². The van der Waals surface area contributed by atoms with Gasteiger partial charge >= 0.3 is 0 Å². The Morgan fingerprint density at radius 3 is 2.53 bits per heavy atom. The fourth-order valence-electron chi connectivity index (χ4n) is 3.98. The molecule has 1 fully saturated rings. The number of halogens is 1. The zero-order valence-electron chi connectivity index (χ0n) is 19.7. The Bertz CT molecular complexity index is 1020. The predicted octanol–water partition coefficient (Wildman–Crippen LogP) is 4.14. The Morgan fingerprint density at radius 1 is 1.21 bits per heavy atom. The number of piperidine rings is 1. The molecule has 3 rings (SSSR count). The number of methoxy groups -OCH3 is 1. The number of primary amides is 1. The zero-order valence-corrected chi connectivity index (χ0v) is 20.4. The van der Waals surface area contributed by atoms with Crippen LogP contribution in [0.1, 0.15) is 30.9 Å². The lowest BCUT2D eigenvalue weighted by Crippen LogP contribution is -2.39. The SMILES string of the molecule is CCOc1cc(/C=C/C(=O)Nc2ccc(CCN3CCC(C(N)=O)CC3)cc2)cc(Cl)c1OC. The van der Waals surface area contributed by atoms with Crippen molar-refractivity contribution in [1.29, 1.82) is 0 Å². The van der Waals surface area contributed by atoms with E-state index in [0.29, 0.717) is 23.1 Å². The second kappa shape index (κ2) is 12.4. The summed E-state index contributed by atoms with van der Waals surface area (Å²) < 4.78 is 10.9. The number of carbonyl (C=O) groups is 2. The van der Waals surface area contributed by atoms with Crippen LogP contribution in [0.2, 0.25) is 5.02 Å². The number of rotatable bonds is 10. The van der Waals surface area contributed by atoms with Crippen molar-refractivity contribution in [2.24, 2.45) is 11.7 Å². The molecule has 0 saturated carbocycles. The monoisotopic (exact) mass is 485 g/mol. The van der Waals surface area contributed by atoms with Crippen LogP contribution in [-0.2, 0) is 16.0 Å². The highest BCUT2D eigenvalue weighted by atomic mass is 35.5. The van der Waals surface area contributed by atoms with Gasteiger partial charge in [-0.15, -0.1) is 0 Å². The molecule has 34 heavy (non-hydrogen) atoms. The van der Waals surface area contributed by atoms with Gasteiger partial charge in [0.05, 0.1) is 18.7 Å². The van der Waals surface area contributed by atoms with Gasteiger partial charge in [0.2, 0.25) is 11.8 Å². The number of carbonyl (C=O) groups excluding carboxylic acids is 2. The smallest absolute Gasteiger partial charge is 0.248 e. The van der Waals surface area contributed by atoms with Crippen LogP contribution >= 0.6 is 11.6 Å². The maximum Gasteiger partial charge on any atom is 0.248 e. The number of nitrogens with one attached hydrogen (secondary N) is 1. The van der Waals surface area contributed by atoms with Crippen LogP contribution in [0.4, 0.5) is 5.69 Å². The number of benzene rings is 2. The average Bonchev–Trinajstić information content (AvgIpc) is 2.83. The minimum Gasteiger partial charge on any atom is -0.491 e. The van der Waals surface area contributed by atoms with Gasteiger partial charge in [-0.05, 0) is 80.7 Å². The van der Waals surface area contributed by atoms with Crippen LogP contribution in [0, 0.1) is 5.92 Å². The molecule has 0 unspecified atom stereocenters. The second-order valence-corrected chi connectivity index (χ2v) is 8.66. The van der Waals surface area contributed by atoms with E-state index in [2.05, 4.69) is 10.2 Å². The first-order valence-electron chi connectivity index (χ1n) is 11.5. The molecule has 182 valence electrons. The lowest BCUT2D eigenvalue weighted by Gasteiger charge is -2.30. The standard InChI is InChI=1S/C26H32ClN3O4/c1-3-34-23-17-19(16-22(27)25(23)33-2)6-9-24(31)29-21-7-4-18(5-8-21)10-13-30-14-11-20(12-15-30)26(28)32/h4-9,16-17,20H,3,10-15H2,1-2H3,(H2,28,32)(H,29,31)/b9-6+. The summed E-state index contributed by atoms with van der Waals surface area (Å²) in [6.07, 6.45) is 5.72. The van der Waals surface area contributed by atoms with Crippen molar-refractivity contribution >= 4 is 35.2 Å². The largest absolute Gasteiger partial charge is 0.491 e. The molecule has 1 aliphatic rings. The molecular formula is C26H32ClN3O4. The third kappa shape index (κ3) is 7.23. The number of amides is 2. The number of nitrogens with zero attached hydrogens (tertiary/aromatic N) is 1. The van der Waals surface area contributed by atoms with Gasteiger partial charge in [-0.1, -0.05) is 23.7 Å². The summed E-state index contributed by atoms with van der Waals surface area (Å²) in [5, 5.41) is 3.29. The summed E-state index contributed by atoms with van der Waals surface area (Å²) in [6, 6.07) is 11.3. The zero-order chi connectivity index (χ0) is 24.5. The molecule has 0 bridgehead atoms. The Hall–Kier alpha value is -3.03. The van der Waals surface area contributed by atoms with Crippen molar-refractivity contribution in [3.63, 3.8) is 0 Å². The predicted molar refractivity (Wildman–Crippen MR) is 135 cm³/mol. The van der Waals surface area contributed by atoms with Crippen LogP contribution in [0.25, 0.3) is 6.08 Å². The topological polar surface area (TPSA) is 93.9 Å². The highest BCUT2D eigenvalue weighted by molar-refractivity contribution is 6.32. The highest BCUT2D eigenvalue weighted by Gasteiger charge is 2.22. The van der Waals surface area contributed by atoms with E-state index in [0.717, 1.165) is 50.1 Å². The molecule has 0 atom stereocenters. The van der Waals surface area contributed by atoms with Crippen LogP contribution in [-0.4, -0.2) is 50.1 Å². The van der Waals surface area contributed by atoms with Crippen molar-refractivity contribution in [3.8, 4) is 11.5 Å². The second-order valence-electron chi connectivity index (χ2n) is 8.25. The number of nitrogens with two attached hydrogens (primary N) is 1. The molecule has 7 nitrogen and oxygen atoms in total. The first-order valence-corrected chi connectivity index (χ1v) is 11.9. The van der Waals surface area contributed by atoms with Crippen molar-refractivity contribution < 1.29 is 19.1 Å².